The summed E-state index contributed by atoms with van der Waals surface area (Å²) in [7, 11) is -3.62. The summed E-state index contributed by atoms with van der Waals surface area (Å²) >= 11 is 0. The molecule has 8 heteroatoms. The molecule has 7 nitrogen and oxygen atoms in total. The zero-order chi connectivity index (χ0) is 20.4. The maximum Gasteiger partial charge on any atom is 0.323 e. The van der Waals surface area contributed by atoms with Crippen LogP contribution in [-0.4, -0.2) is 60.8 Å². The van der Waals surface area contributed by atoms with E-state index in [4.69, 9.17) is 5.11 Å². The smallest absolute Gasteiger partial charge is 0.323 e. The van der Waals surface area contributed by atoms with Gasteiger partial charge in [-0.1, -0.05) is 17.7 Å². The quantitative estimate of drug-likeness (QED) is 0.793. The molecule has 0 spiro atoms. The van der Waals surface area contributed by atoms with Crippen LogP contribution in [0.5, 0.6) is 0 Å². The van der Waals surface area contributed by atoms with Crippen molar-refractivity contribution in [2.75, 3.05) is 26.2 Å². The van der Waals surface area contributed by atoms with E-state index in [0.29, 0.717) is 24.3 Å². The lowest BCUT2D eigenvalue weighted by Gasteiger charge is -2.33. The minimum Gasteiger partial charge on any atom is -0.480 e. The van der Waals surface area contributed by atoms with E-state index in [-0.39, 0.29) is 31.5 Å². The van der Waals surface area contributed by atoms with Gasteiger partial charge in [-0.2, -0.15) is 4.31 Å². The third kappa shape index (κ3) is 4.68. The number of carboxylic acids is 1. The van der Waals surface area contributed by atoms with E-state index in [9.17, 15) is 18.0 Å². The van der Waals surface area contributed by atoms with E-state index in [1.54, 1.807) is 20.8 Å². The van der Waals surface area contributed by atoms with Gasteiger partial charge < -0.3 is 10.0 Å². The molecule has 0 saturated carbocycles. The maximum absolute atomic E-state index is 13.1. The van der Waals surface area contributed by atoms with Crippen LogP contribution < -0.4 is 0 Å². The molecule has 1 amide bonds. The second-order valence-electron chi connectivity index (χ2n) is 7.15. The number of rotatable bonds is 6. The van der Waals surface area contributed by atoms with Gasteiger partial charge in [-0.05, 0) is 51.7 Å². The van der Waals surface area contributed by atoms with Crippen molar-refractivity contribution in [2.45, 2.75) is 45.4 Å². The van der Waals surface area contributed by atoms with Crippen LogP contribution in [0.25, 0.3) is 0 Å². The number of benzene rings is 1. The number of sulfonamides is 1. The molecule has 0 aromatic heterocycles. The Balaban J connectivity index is 2.13. The SMILES string of the molecule is CCN(CC(=O)O)C(=O)C1CCN(S(=O)(=O)c2c(C)cc(C)cc2C)CC1. The van der Waals surface area contributed by atoms with Crippen molar-refractivity contribution in [3.8, 4) is 0 Å². The van der Waals surface area contributed by atoms with Gasteiger partial charge in [0.1, 0.15) is 6.54 Å². The number of likely N-dealkylation sites (N-methyl/N-ethyl adjacent to an activating group) is 1. The van der Waals surface area contributed by atoms with E-state index < -0.39 is 16.0 Å². The molecule has 1 N–H and O–H groups in total. The lowest BCUT2D eigenvalue weighted by atomic mass is 9.96. The summed E-state index contributed by atoms with van der Waals surface area (Å²) in [6.45, 7) is 7.79. The Morgan fingerprint density at radius 3 is 2.11 bits per heavy atom. The van der Waals surface area contributed by atoms with Crippen molar-refractivity contribution >= 4 is 21.9 Å². The Morgan fingerprint density at radius 2 is 1.67 bits per heavy atom. The van der Waals surface area contributed by atoms with Gasteiger partial charge in [0.15, 0.2) is 0 Å². The number of aryl methyl sites for hydroxylation is 3. The fraction of sp³-hybridized carbons (Fsp3) is 0.579. The summed E-state index contributed by atoms with van der Waals surface area (Å²) < 4.78 is 27.6. The number of carbonyl (C=O) groups excluding carboxylic acids is 1. The van der Waals surface area contributed by atoms with Gasteiger partial charge in [0.2, 0.25) is 15.9 Å². The minimum absolute atomic E-state index is 0.209. The Labute approximate surface area is 161 Å². The lowest BCUT2D eigenvalue weighted by molar-refractivity contribution is -0.146. The number of carbonyl (C=O) groups is 2. The van der Waals surface area contributed by atoms with Crippen LogP contribution in [0.15, 0.2) is 17.0 Å². The number of aliphatic carboxylic acids is 1. The largest absolute Gasteiger partial charge is 0.480 e. The highest BCUT2D eigenvalue weighted by Crippen LogP contribution is 2.29. The first kappa shape index (κ1) is 21.4. The highest BCUT2D eigenvalue weighted by atomic mass is 32.2. The third-order valence-electron chi connectivity index (χ3n) is 5.03. The minimum atomic E-state index is -3.62. The molecular weight excluding hydrogens is 368 g/mol. The number of carboxylic acid groups (broad SMARTS) is 1. The first-order valence-electron chi connectivity index (χ1n) is 9.16. The van der Waals surface area contributed by atoms with E-state index in [1.165, 1.54) is 9.21 Å². The van der Waals surface area contributed by atoms with Crippen LogP contribution in [0.3, 0.4) is 0 Å². The number of piperidine rings is 1. The molecule has 1 aliphatic heterocycles. The molecule has 1 aromatic carbocycles. The molecule has 1 aromatic rings. The van der Waals surface area contributed by atoms with Crippen molar-refractivity contribution in [3.05, 3.63) is 28.8 Å². The standard InChI is InChI=1S/C19H28N2O5S/c1-5-20(12-17(22)23)19(24)16-6-8-21(9-7-16)27(25,26)18-14(3)10-13(2)11-15(18)4/h10-11,16H,5-9,12H2,1-4H3,(H,22,23). The highest BCUT2D eigenvalue weighted by molar-refractivity contribution is 7.89. The van der Waals surface area contributed by atoms with Gasteiger partial charge in [-0.15, -0.1) is 0 Å². The Morgan fingerprint density at radius 1 is 1.15 bits per heavy atom. The van der Waals surface area contributed by atoms with Crippen LogP contribution >= 0.6 is 0 Å². The molecule has 1 heterocycles. The molecule has 150 valence electrons. The van der Waals surface area contributed by atoms with Crippen molar-refractivity contribution in [1.82, 2.24) is 9.21 Å². The summed E-state index contributed by atoms with van der Waals surface area (Å²) in [5.41, 5.74) is 2.47. The molecule has 0 radical (unpaired) electrons. The van der Waals surface area contributed by atoms with Crippen LogP contribution in [0.4, 0.5) is 0 Å². The van der Waals surface area contributed by atoms with E-state index in [0.717, 1.165) is 16.7 Å². The summed E-state index contributed by atoms with van der Waals surface area (Å²) in [4.78, 5) is 25.1. The molecule has 2 rings (SSSR count). The van der Waals surface area contributed by atoms with Crippen LogP contribution in [-0.2, 0) is 19.6 Å². The van der Waals surface area contributed by atoms with Gasteiger partial charge in [-0.3, -0.25) is 9.59 Å². The van der Waals surface area contributed by atoms with Gasteiger partial charge in [0, 0.05) is 25.6 Å². The number of hydrogen-bond acceptors (Lipinski definition) is 4. The van der Waals surface area contributed by atoms with Crippen molar-refractivity contribution in [2.24, 2.45) is 5.92 Å². The van der Waals surface area contributed by atoms with Gasteiger partial charge in [0.05, 0.1) is 4.90 Å². The zero-order valence-corrected chi connectivity index (χ0v) is 17.2. The summed E-state index contributed by atoms with van der Waals surface area (Å²) in [6, 6.07) is 3.72. The first-order chi connectivity index (χ1) is 12.6. The average molecular weight is 397 g/mol. The van der Waals surface area contributed by atoms with Crippen LogP contribution in [0.1, 0.15) is 36.5 Å². The fourth-order valence-corrected chi connectivity index (χ4v) is 5.69. The van der Waals surface area contributed by atoms with E-state index in [2.05, 4.69) is 0 Å². The molecule has 0 aliphatic carbocycles. The summed E-state index contributed by atoms with van der Waals surface area (Å²) in [5, 5.41) is 8.93. The van der Waals surface area contributed by atoms with Crippen LogP contribution in [0.2, 0.25) is 0 Å². The van der Waals surface area contributed by atoms with Gasteiger partial charge in [-0.25, -0.2) is 8.42 Å². The second kappa shape index (κ2) is 8.39. The van der Waals surface area contributed by atoms with Crippen LogP contribution in [0, 0.1) is 26.7 Å². The number of amides is 1. The zero-order valence-electron chi connectivity index (χ0n) is 16.4. The fourth-order valence-electron chi connectivity index (χ4n) is 3.81. The highest BCUT2D eigenvalue weighted by Gasteiger charge is 2.35. The summed E-state index contributed by atoms with van der Waals surface area (Å²) in [5.74, 6) is -1.59. The third-order valence-corrected chi connectivity index (χ3v) is 7.23. The van der Waals surface area contributed by atoms with Gasteiger partial charge >= 0.3 is 5.97 Å². The molecule has 0 atom stereocenters. The Bertz CT molecular complexity index is 803. The Kier molecular flexibility index (Phi) is 6.64. The number of nitrogens with zero attached hydrogens (tertiary/aromatic N) is 2. The Hall–Kier alpha value is -1.93. The van der Waals surface area contributed by atoms with Crippen molar-refractivity contribution in [3.63, 3.8) is 0 Å². The van der Waals surface area contributed by atoms with Crippen molar-refractivity contribution in [1.29, 1.82) is 0 Å². The molecule has 1 fully saturated rings. The molecule has 1 aliphatic rings. The van der Waals surface area contributed by atoms with Gasteiger partial charge in [0.25, 0.3) is 0 Å². The normalized spacial score (nSPS) is 16.3. The monoisotopic (exact) mass is 396 g/mol. The predicted octanol–water partition coefficient (Wildman–Crippen LogP) is 1.95. The van der Waals surface area contributed by atoms with Crippen molar-refractivity contribution < 1.29 is 23.1 Å². The topological polar surface area (TPSA) is 95.0 Å². The summed E-state index contributed by atoms with van der Waals surface area (Å²) in [6.07, 6.45) is 0.802. The maximum atomic E-state index is 13.1. The second-order valence-corrected chi connectivity index (χ2v) is 9.03. The molecule has 27 heavy (non-hydrogen) atoms. The number of hydrogen-bond donors (Lipinski definition) is 1. The molecule has 0 unspecified atom stereocenters. The molecular formula is C19H28N2O5S. The predicted molar refractivity (Wildman–Crippen MR) is 102 cm³/mol. The molecule has 1 saturated heterocycles. The average Bonchev–Trinajstić information content (AvgIpc) is 2.57. The van der Waals surface area contributed by atoms with E-state index >= 15 is 0 Å². The first-order valence-corrected chi connectivity index (χ1v) is 10.6. The lowest BCUT2D eigenvalue weighted by Crippen LogP contribution is -2.45. The van der Waals surface area contributed by atoms with E-state index in [1.807, 2.05) is 19.1 Å². The molecule has 0 bridgehead atoms.